The van der Waals surface area contributed by atoms with Gasteiger partial charge in [0.25, 0.3) is 0 Å². The Hall–Kier alpha value is -4.97. The second-order valence-corrected chi connectivity index (χ2v) is 18.1. The normalized spacial score (nSPS) is 13.3. The van der Waals surface area contributed by atoms with Crippen LogP contribution in [0.2, 0.25) is 0 Å². The second kappa shape index (κ2) is 58.6. The quantitative estimate of drug-likeness (QED) is 0.0262. The van der Waals surface area contributed by atoms with Crippen molar-refractivity contribution in [1.82, 2.24) is 0 Å². The lowest BCUT2D eigenvalue weighted by atomic mass is 10.1. The van der Waals surface area contributed by atoms with Gasteiger partial charge < -0.3 is 14.2 Å². The highest BCUT2D eigenvalue weighted by molar-refractivity contribution is 5.71. The average molecular weight is 992 g/mol. The molecule has 72 heavy (non-hydrogen) atoms. The van der Waals surface area contributed by atoms with Gasteiger partial charge in [0.1, 0.15) is 13.2 Å². The maximum absolute atomic E-state index is 12.8. The van der Waals surface area contributed by atoms with Gasteiger partial charge in [0.2, 0.25) is 0 Å². The molecular formula is C66H102O6. The van der Waals surface area contributed by atoms with E-state index in [0.29, 0.717) is 19.3 Å². The Balaban J connectivity index is 4.32. The lowest BCUT2D eigenvalue weighted by molar-refractivity contribution is -0.167. The lowest BCUT2D eigenvalue weighted by Gasteiger charge is -2.18. The molecule has 402 valence electrons. The van der Waals surface area contributed by atoms with E-state index in [0.717, 1.165) is 141 Å². The van der Waals surface area contributed by atoms with Crippen molar-refractivity contribution < 1.29 is 28.6 Å². The molecule has 0 amide bonds. The minimum absolute atomic E-state index is 0.109. The zero-order chi connectivity index (χ0) is 52.2. The van der Waals surface area contributed by atoms with Gasteiger partial charge in [0, 0.05) is 19.3 Å². The average Bonchev–Trinajstić information content (AvgIpc) is 3.38. The van der Waals surface area contributed by atoms with E-state index in [9.17, 15) is 14.4 Å². The van der Waals surface area contributed by atoms with Gasteiger partial charge in [-0.1, -0.05) is 237 Å². The molecule has 0 aliphatic heterocycles. The molecule has 0 saturated carbocycles. The Bertz CT molecular complexity index is 1660. The van der Waals surface area contributed by atoms with Crippen molar-refractivity contribution in [3.05, 3.63) is 158 Å². The van der Waals surface area contributed by atoms with Crippen LogP contribution < -0.4 is 0 Å². The monoisotopic (exact) mass is 991 g/mol. The molecule has 6 heteroatoms. The summed E-state index contributed by atoms with van der Waals surface area (Å²) in [5, 5.41) is 0. The number of carbonyl (C=O) groups is 3. The zero-order valence-electron chi connectivity index (χ0n) is 45.9. The minimum atomic E-state index is -0.813. The minimum Gasteiger partial charge on any atom is -0.462 e. The molecule has 0 rings (SSSR count). The number of ether oxygens (including phenoxy) is 3. The molecule has 0 fully saturated rings. The first kappa shape index (κ1) is 67.0. The van der Waals surface area contributed by atoms with Crippen LogP contribution in [0.1, 0.15) is 220 Å². The molecule has 6 nitrogen and oxygen atoms in total. The van der Waals surface area contributed by atoms with E-state index in [4.69, 9.17) is 14.2 Å². The molecule has 0 radical (unpaired) electrons. The standard InChI is InChI=1S/C66H102O6/c1-4-7-10-13-16-18-20-22-24-26-28-29-30-31-32-33-34-35-36-37-39-40-42-44-46-48-50-53-56-59-65(68)71-62-63(61-70-64(67)58-55-52-15-12-9-6-3)72-66(69)60-57-54-51-49-47-45-43-41-38-27-25-23-21-19-17-14-11-8-5-2/h7-8,10-11,16-19,22-25,28-29,31-32,34-35,37-39,41-42,44,48,50,63H,4-6,9,12-15,20-21,26-27,30,33,36,40,43,45-47,49,51-62H2,1-3H3/b10-7-,11-8-,18-16-,19-17-,24-22-,25-23-,29-28-,32-31-,35-34-,39-37-,41-38-,44-42-,50-48-. The fourth-order valence-electron chi connectivity index (χ4n) is 7.08. The van der Waals surface area contributed by atoms with Gasteiger partial charge in [-0.25, -0.2) is 0 Å². The molecule has 0 aromatic heterocycles. The summed E-state index contributed by atoms with van der Waals surface area (Å²) in [5.74, 6) is -1.01. The highest BCUT2D eigenvalue weighted by Crippen LogP contribution is 2.12. The Kier molecular flexibility index (Phi) is 54.6. The van der Waals surface area contributed by atoms with Crippen molar-refractivity contribution in [2.24, 2.45) is 0 Å². The number of unbranched alkanes of at least 4 members (excludes halogenated alkanes) is 12. The van der Waals surface area contributed by atoms with Crippen LogP contribution in [-0.4, -0.2) is 37.2 Å². The van der Waals surface area contributed by atoms with Crippen LogP contribution >= 0.6 is 0 Å². The Morgan fingerprint density at radius 1 is 0.292 bits per heavy atom. The third-order valence-corrected chi connectivity index (χ3v) is 11.3. The molecule has 1 unspecified atom stereocenters. The summed E-state index contributed by atoms with van der Waals surface area (Å²) >= 11 is 0. The van der Waals surface area contributed by atoms with Gasteiger partial charge in [0.05, 0.1) is 0 Å². The van der Waals surface area contributed by atoms with Crippen LogP contribution in [0.3, 0.4) is 0 Å². The molecule has 1 atom stereocenters. The molecule has 0 aliphatic rings. The van der Waals surface area contributed by atoms with E-state index in [1.807, 2.05) is 0 Å². The summed E-state index contributed by atoms with van der Waals surface area (Å²) in [6.45, 7) is 6.27. The first-order chi connectivity index (χ1) is 35.5. The summed E-state index contributed by atoms with van der Waals surface area (Å²) < 4.78 is 16.7. The molecule has 0 aromatic carbocycles. The van der Waals surface area contributed by atoms with Gasteiger partial charge >= 0.3 is 17.9 Å². The number of rotatable bonds is 49. The smallest absolute Gasteiger partial charge is 0.306 e. The van der Waals surface area contributed by atoms with Crippen molar-refractivity contribution in [1.29, 1.82) is 0 Å². The van der Waals surface area contributed by atoms with E-state index in [1.165, 1.54) is 32.1 Å². The third kappa shape index (κ3) is 56.0. The summed E-state index contributed by atoms with van der Waals surface area (Å²) in [4.78, 5) is 37.9. The molecule has 0 heterocycles. The van der Waals surface area contributed by atoms with Crippen molar-refractivity contribution in [3.63, 3.8) is 0 Å². The van der Waals surface area contributed by atoms with Crippen molar-refractivity contribution >= 4 is 17.9 Å². The predicted octanol–water partition coefficient (Wildman–Crippen LogP) is 19.4. The summed E-state index contributed by atoms with van der Waals surface area (Å²) in [7, 11) is 0. The van der Waals surface area contributed by atoms with Crippen LogP contribution in [0.5, 0.6) is 0 Å². The SMILES string of the molecule is CC/C=C\C/C=C\C/C=C\C/C=C\C/C=C\C/C=C\C/C=C\C/C=C\C/C=C\CCCC(=O)OCC(COC(=O)CCCCCCCC)OC(=O)CCCCCCCC/C=C\C/C=C\C/C=C\C/C=C\CC. The van der Waals surface area contributed by atoms with Crippen molar-refractivity contribution in [2.75, 3.05) is 13.2 Å². The van der Waals surface area contributed by atoms with E-state index in [1.54, 1.807) is 0 Å². The lowest BCUT2D eigenvalue weighted by Crippen LogP contribution is -2.30. The highest BCUT2D eigenvalue weighted by atomic mass is 16.6. The van der Waals surface area contributed by atoms with Gasteiger partial charge in [-0.2, -0.15) is 0 Å². The highest BCUT2D eigenvalue weighted by Gasteiger charge is 2.19. The van der Waals surface area contributed by atoms with Crippen LogP contribution in [0.25, 0.3) is 0 Å². The fraction of sp³-hybridized carbons (Fsp3) is 0.561. The first-order valence-electron chi connectivity index (χ1n) is 28.5. The van der Waals surface area contributed by atoms with E-state index >= 15 is 0 Å². The van der Waals surface area contributed by atoms with E-state index in [2.05, 4.69) is 179 Å². The van der Waals surface area contributed by atoms with Gasteiger partial charge in [0.15, 0.2) is 6.10 Å². The van der Waals surface area contributed by atoms with Crippen molar-refractivity contribution in [2.45, 2.75) is 226 Å². The topological polar surface area (TPSA) is 78.9 Å². The van der Waals surface area contributed by atoms with Crippen LogP contribution in [-0.2, 0) is 28.6 Å². The third-order valence-electron chi connectivity index (χ3n) is 11.3. The Labute approximate surface area is 441 Å². The summed E-state index contributed by atoms with van der Waals surface area (Å²) in [5.41, 5.74) is 0. The number of esters is 3. The van der Waals surface area contributed by atoms with Gasteiger partial charge in [-0.15, -0.1) is 0 Å². The first-order valence-corrected chi connectivity index (χ1v) is 28.5. The predicted molar refractivity (Wildman–Crippen MR) is 311 cm³/mol. The largest absolute Gasteiger partial charge is 0.462 e. The van der Waals surface area contributed by atoms with Crippen LogP contribution in [0.15, 0.2) is 158 Å². The molecule has 0 saturated heterocycles. The summed E-state index contributed by atoms with van der Waals surface area (Å²) in [6, 6.07) is 0. The van der Waals surface area contributed by atoms with E-state index < -0.39 is 6.10 Å². The zero-order valence-corrected chi connectivity index (χ0v) is 45.9. The second-order valence-electron chi connectivity index (χ2n) is 18.1. The van der Waals surface area contributed by atoms with Crippen molar-refractivity contribution in [3.8, 4) is 0 Å². The van der Waals surface area contributed by atoms with Crippen LogP contribution in [0, 0.1) is 0 Å². The molecule has 0 aliphatic carbocycles. The summed E-state index contributed by atoms with van der Waals surface area (Å²) in [6.07, 6.45) is 85.5. The number of allylic oxidation sites excluding steroid dienone is 26. The Morgan fingerprint density at radius 3 is 0.903 bits per heavy atom. The number of carbonyl (C=O) groups excluding carboxylic acids is 3. The van der Waals surface area contributed by atoms with Crippen LogP contribution in [0.4, 0.5) is 0 Å². The van der Waals surface area contributed by atoms with Gasteiger partial charge in [-0.05, 0) is 122 Å². The number of hydrogen-bond donors (Lipinski definition) is 0. The maximum atomic E-state index is 12.8. The fourth-order valence-corrected chi connectivity index (χ4v) is 7.08. The molecule has 0 spiro atoms. The number of hydrogen-bond acceptors (Lipinski definition) is 6. The van der Waals surface area contributed by atoms with E-state index in [-0.39, 0.29) is 37.5 Å². The maximum Gasteiger partial charge on any atom is 0.306 e. The molecule has 0 aromatic rings. The van der Waals surface area contributed by atoms with Gasteiger partial charge in [-0.3, -0.25) is 14.4 Å². The molecule has 0 bridgehead atoms. The Morgan fingerprint density at radius 2 is 0.556 bits per heavy atom. The molecular weight excluding hydrogens is 889 g/mol. The molecule has 0 N–H and O–H groups in total.